The number of aliphatic imine (C=N–C) groups is 1. The number of hydrogen-bond donors (Lipinski definition) is 0. The summed E-state index contributed by atoms with van der Waals surface area (Å²) in [6.07, 6.45) is 4.19. The quantitative estimate of drug-likeness (QED) is 0.459. The summed E-state index contributed by atoms with van der Waals surface area (Å²) in [7, 11) is 0. The Hall–Kier alpha value is -0.850. The fraction of sp³-hybridized carbons (Fsp3) is 0.583. The van der Waals surface area contributed by atoms with Gasteiger partial charge in [0.25, 0.3) is 0 Å². The van der Waals surface area contributed by atoms with Gasteiger partial charge in [-0.2, -0.15) is 0 Å². The second kappa shape index (κ2) is 5.74. The van der Waals surface area contributed by atoms with Gasteiger partial charge in [-0.3, -0.25) is 4.99 Å². The molecule has 0 saturated carbocycles. The third kappa shape index (κ3) is 3.58. The van der Waals surface area contributed by atoms with Crippen molar-refractivity contribution in [1.29, 1.82) is 0 Å². The van der Waals surface area contributed by atoms with E-state index in [2.05, 4.69) is 51.6 Å². The largest absolute Gasteiger partial charge is 0.269 e. The van der Waals surface area contributed by atoms with Gasteiger partial charge in [0, 0.05) is 5.70 Å². The zero-order valence-corrected chi connectivity index (χ0v) is 9.46. The van der Waals surface area contributed by atoms with Gasteiger partial charge in [-0.25, -0.2) is 0 Å². The molecule has 0 fully saturated rings. The maximum Gasteiger partial charge on any atom is 0.0456 e. The molecule has 0 aliphatic carbocycles. The zero-order valence-electron chi connectivity index (χ0n) is 9.46. The molecule has 0 amide bonds. The molecular weight excluding hydrogens is 158 g/mol. The molecule has 0 atom stereocenters. The first-order valence-electron chi connectivity index (χ1n) is 4.88. The maximum absolute atomic E-state index is 4.11. The summed E-state index contributed by atoms with van der Waals surface area (Å²) in [6, 6.07) is 0. The summed E-state index contributed by atoms with van der Waals surface area (Å²) in [4.78, 5) is 4.11. The Balaban J connectivity index is 5.12. The van der Waals surface area contributed by atoms with Crippen molar-refractivity contribution >= 4 is 6.72 Å². The van der Waals surface area contributed by atoms with Crippen molar-refractivity contribution in [3.05, 3.63) is 23.4 Å². The molecule has 1 nitrogen and oxygen atoms in total. The van der Waals surface area contributed by atoms with Gasteiger partial charge >= 0.3 is 0 Å². The Bertz CT molecular complexity index is 219. The Labute approximate surface area is 82.3 Å². The summed E-state index contributed by atoms with van der Waals surface area (Å²) < 4.78 is 0. The third-order valence-corrected chi connectivity index (χ3v) is 1.98. The van der Waals surface area contributed by atoms with E-state index >= 15 is 0 Å². The van der Waals surface area contributed by atoms with Crippen LogP contribution in [0.4, 0.5) is 0 Å². The van der Waals surface area contributed by atoms with Crippen molar-refractivity contribution in [2.24, 2.45) is 16.8 Å². The molecule has 0 aromatic carbocycles. The van der Waals surface area contributed by atoms with Gasteiger partial charge in [0.05, 0.1) is 0 Å². The normalized spacial score (nSPS) is 14.1. The topological polar surface area (TPSA) is 12.4 Å². The average Bonchev–Trinajstić information content (AvgIpc) is 2.03. The summed E-state index contributed by atoms with van der Waals surface area (Å²) in [5, 5.41) is 0. The monoisotopic (exact) mass is 179 g/mol. The van der Waals surface area contributed by atoms with Crippen LogP contribution in [-0.2, 0) is 0 Å². The SMILES string of the molecule is C=N/C(=C(\C=C/C)C(C)C)C(C)C. The summed E-state index contributed by atoms with van der Waals surface area (Å²) >= 11 is 0. The van der Waals surface area contributed by atoms with Gasteiger partial charge < -0.3 is 0 Å². The third-order valence-electron chi connectivity index (χ3n) is 1.98. The van der Waals surface area contributed by atoms with Gasteiger partial charge in [-0.1, -0.05) is 39.8 Å². The van der Waals surface area contributed by atoms with E-state index in [9.17, 15) is 0 Å². The lowest BCUT2D eigenvalue weighted by atomic mass is 9.95. The van der Waals surface area contributed by atoms with E-state index in [4.69, 9.17) is 0 Å². The van der Waals surface area contributed by atoms with E-state index in [1.165, 1.54) is 5.57 Å². The van der Waals surface area contributed by atoms with Crippen LogP contribution in [-0.4, -0.2) is 6.72 Å². The molecule has 13 heavy (non-hydrogen) atoms. The maximum atomic E-state index is 4.11. The summed E-state index contributed by atoms with van der Waals surface area (Å²) in [6.45, 7) is 14.3. The molecule has 0 saturated heterocycles. The molecule has 0 unspecified atom stereocenters. The van der Waals surface area contributed by atoms with Gasteiger partial charge in [0.2, 0.25) is 0 Å². The van der Waals surface area contributed by atoms with Crippen LogP contribution in [0.2, 0.25) is 0 Å². The first kappa shape index (κ1) is 12.2. The zero-order chi connectivity index (χ0) is 10.4. The molecule has 0 aromatic rings. The van der Waals surface area contributed by atoms with E-state index in [-0.39, 0.29) is 0 Å². The molecule has 0 aromatic heterocycles. The minimum absolute atomic E-state index is 0.450. The molecule has 0 spiro atoms. The molecule has 1 heteroatoms. The highest BCUT2D eigenvalue weighted by Gasteiger charge is 2.09. The van der Waals surface area contributed by atoms with Gasteiger partial charge in [-0.05, 0) is 31.1 Å². The Morgan fingerprint density at radius 2 is 1.69 bits per heavy atom. The van der Waals surface area contributed by atoms with Crippen LogP contribution in [0.25, 0.3) is 0 Å². The van der Waals surface area contributed by atoms with E-state index in [0.717, 1.165) is 5.70 Å². The fourth-order valence-corrected chi connectivity index (χ4v) is 1.36. The van der Waals surface area contributed by atoms with Crippen molar-refractivity contribution in [3.8, 4) is 0 Å². The number of hydrogen-bond acceptors (Lipinski definition) is 1. The van der Waals surface area contributed by atoms with Crippen LogP contribution in [0.5, 0.6) is 0 Å². The highest BCUT2D eigenvalue weighted by molar-refractivity contribution is 5.35. The molecule has 0 rings (SSSR count). The van der Waals surface area contributed by atoms with Gasteiger partial charge in [0.1, 0.15) is 0 Å². The van der Waals surface area contributed by atoms with Crippen molar-refractivity contribution in [2.45, 2.75) is 34.6 Å². The lowest BCUT2D eigenvalue weighted by Crippen LogP contribution is -2.01. The lowest BCUT2D eigenvalue weighted by molar-refractivity contribution is 0.699. The Morgan fingerprint density at radius 1 is 1.15 bits per heavy atom. The second-order valence-corrected chi connectivity index (χ2v) is 3.81. The minimum Gasteiger partial charge on any atom is -0.269 e. The van der Waals surface area contributed by atoms with Crippen LogP contribution in [0, 0.1) is 11.8 Å². The molecular formula is C12H21N. The molecule has 0 aliphatic rings. The first-order valence-corrected chi connectivity index (χ1v) is 4.88. The smallest absolute Gasteiger partial charge is 0.0456 e. The minimum atomic E-state index is 0.450. The van der Waals surface area contributed by atoms with Crippen LogP contribution in [0.3, 0.4) is 0 Å². The van der Waals surface area contributed by atoms with Crippen molar-refractivity contribution in [3.63, 3.8) is 0 Å². The van der Waals surface area contributed by atoms with E-state index in [0.29, 0.717) is 11.8 Å². The Kier molecular flexibility index (Phi) is 5.36. The molecule has 0 N–H and O–H groups in total. The molecule has 0 radical (unpaired) electrons. The predicted octanol–water partition coefficient (Wildman–Crippen LogP) is 3.83. The van der Waals surface area contributed by atoms with Crippen molar-refractivity contribution in [2.75, 3.05) is 0 Å². The number of allylic oxidation sites excluding steroid dienone is 4. The Morgan fingerprint density at radius 3 is 1.92 bits per heavy atom. The highest BCUT2D eigenvalue weighted by atomic mass is 14.7. The predicted molar refractivity (Wildman–Crippen MR) is 61.1 cm³/mol. The van der Waals surface area contributed by atoms with Crippen molar-refractivity contribution < 1.29 is 0 Å². The average molecular weight is 179 g/mol. The second-order valence-electron chi connectivity index (χ2n) is 3.81. The van der Waals surface area contributed by atoms with Crippen LogP contribution < -0.4 is 0 Å². The summed E-state index contributed by atoms with van der Waals surface area (Å²) in [5.74, 6) is 0.963. The van der Waals surface area contributed by atoms with Crippen LogP contribution in [0.15, 0.2) is 28.4 Å². The van der Waals surface area contributed by atoms with E-state index in [1.54, 1.807) is 0 Å². The van der Waals surface area contributed by atoms with Crippen LogP contribution in [0.1, 0.15) is 34.6 Å². The molecule has 0 bridgehead atoms. The highest BCUT2D eigenvalue weighted by Crippen LogP contribution is 2.23. The van der Waals surface area contributed by atoms with E-state index < -0.39 is 0 Å². The lowest BCUT2D eigenvalue weighted by Gasteiger charge is -2.14. The van der Waals surface area contributed by atoms with E-state index in [1.807, 2.05) is 6.92 Å². The first-order chi connectivity index (χ1) is 6.04. The molecule has 0 aliphatic heterocycles. The summed E-state index contributed by atoms with van der Waals surface area (Å²) in [5.41, 5.74) is 2.42. The number of nitrogens with zero attached hydrogens (tertiary/aromatic N) is 1. The number of rotatable bonds is 4. The van der Waals surface area contributed by atoms with Gasteiger partial charge in [0.15, 0.2) is 0 Å². The van der Waals surface area contributed by atoms with Crippen LogP contribution >= 0.6 is 0 Å². The fourth-order valence-electron chi connectivity index (χ4n) is 1.36. The molecule has 74 valence electrons. The van der Waals surface area contributed by atoms with Gasteiger partial charge in [-0.15, -0.1) is 0 Å². The standard InChI is InChI=1S/C12H21N/c1-7-8-11(9(2)3)12(13-6)10(4)5/h7-10H,6H2,1-5H3/b8-7-,12-11+. The molecule has 0 heterocycles. The van der Waals surface area contributed by atoms with Crippen molar-refractivity contribution in [1.82, 2.24) is 0 Å².